The third-order valence-corrected chi connectivity index (χ3v) is 4.47. The Morgan fingerprint density at radius 2 is 1.50 bits per heavy atom. The van der Waals surface area contributed by atoms with Crippen LogP contribution in [0, 0.1) is 0 Å². The van der Waals surface area contributed by atoms with Crippen LogP contribution in [0.5, 0.6) is 0 Å². The molecule has 26 heavy (non-hydrogen) atoms. The Morgan fingerprint density at radius 3 is 2.23 bits per heavy atom. The molecule has 1 aromatic heterocycles. The van der Waals surface area contributed by atoms with Gasteiger partial charge in [-0.15, -0.1) is 0 Å². The van der Waals surface area contributed by atoms with Crippen molar-refractivity contribution in [2.45, 2.75) is 6.54 Å². The van der Waals surface area contributed by atoms with E-state index in [0.717, 1.165) is 27.8 Å². The standard InChI is InChI=1S/C22H19N3O/c23-14-16-10-12-18(13-11-16)25(17-6-2-1-3-7-17)22(26)20-15-24-21-9-5-4-8-19(20)21/h1-13,15,24H,14,23H2. The second kappa shape index (κ2) is 6.86. The van der Waals surface area contributed by atoms with Crippen LogP contribution in [0.15, 0.2) is 85.1 Å². The highest BCUT2D eigenvalue weighted by Gasteiger charge is 2.22. The number of nitrogens with one attached hydrogen (secondary N) is 1. The number of para-hydroxylation sites is 2. The smallest absolute Gasteiger partial charge is 0.264 e. The van der Waals surface area contributed by atoms with Crippen molar-refractivity contribution in [2.75, 3.05) is 4.90 Å². The molecule has 0 bridgehead atoms. The number of hydrogen-bond acceptors (Lipinski definition) is 2. The number of nitrogens with two attached hydrogens (primary N) is 1. The molecule has 0 saturated heterocycles. The molecule has 4 rings (SSSR count). The summed E-state index contributed by atoms with van der Waals surface area (Å²) in [5.74, 6) is -0.0749. The largest absolute Gasteiger partial charge is 0.360 e. The van der Waals surface area contributed by atoms with Gasteiger partial charge in [-0.3, -0.25) is 9.69 Å². The van der Waals surface area contributed by atoms with E-state index in [0.29, 0.717) is 12.1 Å². The molecule has 0 spiro atoms. The first kappa shape index (κ1) is 16.1. The van der Waals surface area contributed by atoms with E-state index in [1.165, 1.54) is 0 Å². The predicted octanol–water partition coefficient (Wildman–Crippen LogP) is 4.61. The highest BCUT2D eigenvalue weighted by atomic mass is 16.2. The first-order valence-corrected chi connectivity index (χ1v) is 8.52. The first-order chi connectivity index (χ1) is 12.8. The molecule has 0 saturated carbocycles. The Hall–Kier alpha value is -3.37. The van der Waals surface area contributed by atoms with Crippen molar-refractivity contribution >= 4 is 28.2 Å². The lowest BCUT2D eigenvalue weighted by Crippen LogP contribution is -2.25. The van der Waals surface area contributed by atoms with Gasteiger partial charge in [-0.1, -0.05) is 48.5 Å². The summed E-state index contributed by atoms with van der Waals surface area (Å²) in [6, 6.07) is 25.3. The number of H-pyrrole nitrogens is 1. The number of rotatable bonds is 4. The lowest BCUT2D eigenvalue weighted by Gasteiger charge is -2.23. The second-order valence-corrected chi connectivity index (χ2v) is 6.09. The molecule has 3 aromatic carbocycles. The maximum absolute atomic E-state index is 13.5. The average molecular weight is 341 g/mol. The molecule has 0 unspecified atom stereocenters. The molecule has 4 aromatic rings. The van der Waals surface area contributed by atoms with E-state index < -0.39 is 0 Å². The first-order valence-electron chi connectivity index (χ1n) is 8.52. The molecule has 1 amide bonds. The van der Waals surface area contributed by atoms with Gasteiger partial charge in [0.1, 0.15) is 0 Å². The fourth-order valence-corrected chi connectivity index (χ4v) is 3.11. The summed E-state index contributed by atoms with van der Waals surface area (Å²) in [6.45, 7) is 0.474. The molecule has 0 fully saturated rings. The maximum atomic E-state index is 13.5. The minimum absolute atomic E-state index is 0.0749. The zero-order valence-corrected chi connectivity index (χ0v) is 14.2. The van der Waals surface area contributed by atoms with Crippen LogP contribution >= 0.6 is 0 Å². The highest BCUT2D eigenvalue weighted by molar-refractivity contribution is 6.17. The maximum Gasteiger partial charge on any atom is 0.264 e. The van der Waals surface area contributed by atoms with E-state index in [4.69, 9.17) is 5.73 Å². The zero-order chi connectivity index (χ0) is 17.9. The SMILES string of the molecule is NCc1ccc(N(C(=O)c2c[nH]c3ccccc23)c2ccccc2)cc1. The molecule has 4 heteroatoms. The second-order valence-electron chi connectivity index (χ2n) is 6.09. The fraction of sp³-hybridized carbons (Fsp3) is 0.0455. The average Bonchev–Trinajstić information content (AvgIpc) is 3.14. The molecule has 0 radical (unpaired) electrons. The summed E-state index contributed by atoms with van der Waals surface area (Å²) in [5, 5.41) is 0.914. The van der Waals surface area contributed by atoms with Gasteiger partial charge in [0.15, 0.2) is 0 Å². The summed E-state index contributed by atoms with van der Waals surface area (Å²) in [4.78, 5) is 18.4. The Labute approximate surface area is 151 Å². The third-order valence-electron chi connectivity index (χ3n) is 4.47. The van der Waals surface area contributed by atoms with Crippen molar-refractivity contribution in [3.63, 3.8) is 0 Å². The van der Waals surface area contributed by atoms with Crippen molar-refractivity contribution in [2.24, 2.45) is 5.73 Å². The van der Waals surface area contributed by atoms with E-state index in [1.807, 2.05) is 78.9 Å². The van der Waals surface area contributed by atoms with Crippen LogP contribution in [0.1, 0.15) is 15.9 Å². The van der Waals surface area contributed by atoms with Crippen LogP contribution in [0.2, 0.25) is 0 Å². The molecule has 0 aliphatic carbocycles. The van der Waals surface area contributed by atoms with Crippen LogP contribution in [0.4, 0.5) is 11.4 Å². The fourth-order valence-electron chi connectivity index (χ4n) is 3.11. The molecule has 128 valence electrons. The Morgan fingerprint density at radius 1 is 0.846 bits per heavy atom. The van der Waals surface area contributed by atoms with Crippen LogP contribution in [0.3, 0.4) is 0 Å². The van der Waals surface area contributed by atoms with Crippen LogP contribution in [0.25, 0.3) is 10.9 Å². The number of aromatic amines is 1. The number of amides is 1. The van der Waals surface area contributed by atoms with Crippen molar-refractivity contribution in [1.82, 2.24) is 4.98 Å². The third kappa shape index (κ3) is 2.87. The van der Waals surface area contributed by atoms with E-state index in [1.54, 1.807) is 11.1 Å². The van der Waals surface area contributed by atoms with Gasteiger partial charge in [0.25, 0.3) is 5.91 Å². The Balaban J connectivity index is 1.83. The summed E-state index contributed by atoms with van der Waals surface area (Å²) in [5.41, 5.74) is 9.95. The van der Waals surface area contributed by atoms with Crippen LogP contribution < -0.4 is 10.6 Å². The molecular weight excluding hydrogens is 322 g/mol. The summed E-state index contributed by atoms with van der Waals surface area (Å²) in [7, 11) is 0. The number of anilines is 2. The minimum atomic E-state index is -0.0749. The zero-order valence-electron chi connectivity index (χ0n) is 14.2. The van der Waals surface area contributed by atoms with Crippen LogP contribution in [-0.2, 0) is 6.54 Å². The van der Waals surface area contributed by atoms with Gasteiger partial charge in [-0.25, -0.2) is 0 Å². The topological polar surface area (TPSA) is 62.1 Å². The Kier molecular flexibility index (Phi) is 4.25. The van der Waals surface area contributed by atoms with Gasteiger partial charge in [0.2, 0.25) is 0 Å². The monoisotopic (exact) mass is 341 g/mol. The van der Waals surface area contributed by atoms with E-state index in [2.05, 4.69) is 4.98 Å². The van der Waals surface area contributed by atoms with Crippen molar-refractivity contribution in [1.29, 1.82) is 0 Å². The quantitative estimate of drug-likeness (QED) is 0.569. The lowest BCUT2D eigenvalue weighted by molar-refractivity contribution is 0.100. The number of carbonyl (C=O) groups is 1. The van der Waals surface area contributed by atoms with Crippen molar-refractivity contribution in [3.8, 4) is 0 Å². The molecule has 0 aliphatic heterocycles. The number of aromatic nitrogens is 1. The van der Waals surface area contributed by atoms with Crippen molar-refractivity contribution < 1.29 is 4.79 Å². The van der Waals surface area contributed by atoms with E-state index in [9.17, 15) is 4.79 Å². The van der Waals surface area contributed by atoms with Gasteiger partial charge in [0.05, 0.1) is 5.56 Å². The summed E-state index contributed by atoms with van der Waals surface area (Å²) in [6.07, 6.45) is 1.77. The normalized spacial score (nSPS) is 10.8. The van der Waals surface area contributed by atoms with Gasteiger partial charge < -0.3 is 10.7 Å². The summed E-state index contributed by atoms with van der Waals surface area (Å²) >= 11 is 0. The van der Waals surface area contributed by atoms with Gasteiger partial charge in [0, 0.05) is 35.0 Å². The number of hydrogen-bond donors (Lipinski definition) is 2. The summed E-state index contributed by atoms with van der Waals surface area (Å²) < 4.78 is 0. The molecule has 1 heterocycles. The molecule has 4 nitrogen and oxygen atoms in total. The molecule has 3 N–H and O–H groups in total. The van der Waals surface area contributed by atoms with Gasteiger partial charge >= 0.3 is 0 Å². The highest BCUT2D eigenvalue weighted by Crippen LogP contribution is 2.30. The number of nitrogens with zero attached hydrogens (tertiary/aromatic N) is 1. The number of benzene rings is 3. The predicted molar refractivity (Wildman–Crippen MR) is 106 cm³/mol. The lowest BCUT2D eigenvalue weighted by atomic mass is 10.1. The number of fused-ring (bicyclic) bond motifs is 1. The van der Waals surface area contributed by atoms with Gasteiger partial charge in [-0.2, -0.15) is 0 Å². The number of carbonyl (C=O) groups excluding carboxylic acids is 1. The van der Waals surface area contributed by atoms with E-state index in [-0.39, 0.29) is 5.91 Å². The van der Waals surface area contributed by atoms with Crippen LogP contribution in [-0.4, -0.2) is 10.9 Å². The van der Waals surface area contributed by atoms with E-state index >= 15 is 0 Å². The molecule has 0 atom stereocenters. The minimum Gasteiger partial charge on any atom is -0.360 e. The van der Waals surface area contributed by atoms with Crippen molar-refractivity contribution in [3.05, 3.63) is 96.2 Å². The Bertz CT molecular complexity index is 1040. The van der Waals surface area contributed by atoms with Gasteiger partial charge in [-0.05, 0) is 35.9 Å². The molecular formula is C22H19N3O. The molecule has 0 aliphatic rings.